The fourth-order valence-corrected chi connectivity index (χ4v) is 6.25. The van der Waals surface area contributed by atoms with E-state index in [9.17, 15) is 13.2 Å². The van der Waals surface area contributed by atoms with Crippen LogP contribution in [0.1, 0.15) is 40.3 Å². The molecule has 0 N–H and O–H groups in total. The van der Waals surface area contributed by atoms with Crippen LogP contribution in [-0.4, -0.2) is 29.9 Å². The molecule has 2 aliphatic rings. The molecule has 42 heavy (non-hydrogen) atoms. The Morgan fingerprint density at radius 3 is 1.79 bits per heavy atom. The first-order valence-electron chi connectivity index (χ1n) is 13.1. The number of oxime groups is 1. The summed E-state index contributed by atoms with van der Waals surface area (Å²) >= 11 is 18.0. The van der Waals surface area contributed by atoms with Gasteiger partial charge in [-0.2, -0.15) is 13.2 Å². The van der Waals surface area contributed by atoms with E-state index in [1.807, 2.05) is 60.7 Å². The Balaban J connectivity index is 1.21. The highest BCUT2D eigenvalue weighted by Crippen LogP contribution is 2.51. The van der Waals surface area contributed by atoms with Crippen LogP contribution in [0.2, 0.25) is 15.1 Å². The van der Waals surface area contributed by atoms with Gasteiger partial charge in [-0.15, -0.1) is 0 Å². The molecule has 3 nitrogen and oxygen atoms in total. The van der Waals surface area contributed by atoms with Crippen LogP contribution in [0.25, 0.3) is 0 Å². The van der Waals surface area contributed by atoms with Gasteiger partial charge in [-0.3, -0.25) is 4.90 Å². The van der Waals surface area contributed by atoms with Gasteiger partial charge in [0.2, 0.25) is 0 Å². The molecule has 0 aromatic heterocycles. The lowest BCUT2D eigenvalue weighted by Gasteiger charge is -2.49. The lowest BCUT2D eigenvalue weighted by atomic mass is 9.83. The first-order chi connectivity index (χ1) is 20.0. The van der Waals surface area contributed by atoms with Crippen LogP contribution in [0.4, 0.5) is 17.6 Å². The molecular formula is C32H23Cl3F4N2O. The highest BCUT2D eigenvalue weighted by molar-refractivity contribution is 6.48. The van der Waals surface area contributed by atoms with Crippen molar-refractivity contribution in [3.8, 4) is 0 Å². The van der Waals surface area contributed by atoms with Crippen molar-refractivity contribution in [2.24, 2.45) is 5.16 Å². The van der Waals surface area contributed by atoms with Gasteiger partial charge in [-0.25, -0.2) is 4.39 Å². The fourth-order valence-electron chi connectivity index (χ4n) is 5.66. The molecule has 0 amide bonds. The maximum Gasteiger partial charge on any atom is 0.435 e. The molecule has 2 heterocycles. The number of halogens is 7. The predicted octanol–water partition coefficient (Wildman–Crippen LogP) is 9.50. The summed E-state index contributed by atoms with van der Waals surface area (Å²) in [5.74, 6) is 0. The van der Waals surface area contributed by atoms with E-state index in [2.05, 4.69) is 10.1 Å². The molecule has 6 rings (SSSR count). The van der Waals surface area contributed by atoms with E-state index < -0.39 is 23.9 Å². The van der Waals surface area contributed by atoms with Gasteiger partial charge in [0.05, 0.1) is 26.8 Å². The van der Waals surface area contributed by atoms with Gasteiger partial charge in [0, 0.05) is 25.1 Å². The molecule has 0 radical (unpaired) electrons. The van der Waals surface area contributed by atoms with E-state index in [0.717, 1.165) is 23.3 Å². The first kappa shape index (κ1) is 29.0. The average Bonchev–Trinajstić information content (AvgIpc) is 3.43. The van der Waals surface area contributed by atoms with Crippen LogP contribution in [-0.2, 0) is 16.1 Å². The van der Waals surface area contributed by atoms with Gasteiger partial charge in [0.15, 0.2) is 5.67 Å². The summed E-state index contributed by atoms with van der Waals surface area (Å²) < 4.78 is 59.3. The lowest BCUT2D eigenvalue weighted by Crippen LogP contribution is -2.57. The fraction of sp³-hybridized carbons (Fsp3) is 0.219. The number of alkyl halides is 4. The van der Waals surface area contributed by atoms with Crippen molar-refractivity contribution >= 4 is 40.5 Å². The number of benzene rings is 4. The number of hydrogen-bond donors (Lipinski definition) is 0. The molecule has 1 fully saturated rings. The Hall–Kier alpha value is -3.10. The highest BCUT2D eigenvalue weighted by Gasteiger charge is 2.62. The number of likely N-dealkylation sites (tertiary alicyclic amines) is 1. The summed E-state index contributed by atoms with van der Waals surface area (Å²) in [5.41, 5.74) is -1.68. The molecule has 2 aliphatic heterocycles. The Morgan fingerprint density at radius 2 is 1.29 bits per heavy atom. The van der Waals surface area contributed by atoms with Crippen molar-refractivity contribution in [2.45, 2.75) is 29.9 Å². The van der Waals surface area contributed by atoms with Crippen LogP contribution >= 0.6 is 34.8 Å². The quantitative estimate of drug-likeness (QED) is 0.156. The zero-order valence-electron chi connectivity index (χ0n) is 21.9. The highest BCUT2D eigenvalue weighted by atomic mass is 35.5. The van der Waals surface area contributed by atoms with Crippen molar-refractivity contribution in [2.75, 3.05) is 13.1 Å². The van der Waals surface area contributed by atoms with E-state index in [1.165, 1.54) is 0 Å². The van der Waals surface area contributed by atoms with Gasteiger partial charge >= 0.3 is 6.18 Å². The van der Waals surface area contributed by atoms with Gasteiger partial charge in [0.25, 0.3) is 5.60 Å². The summed E-state index contributed by atoms with van der Waals surface area (Å²) in [6.45, 7) is 0.334. The maximum absolute atomic E-state index is 16.1. The molecule has 0 bridgehead atoms. The molecule has 10 heteroatoms. The number of rotatable bonds is 6. The van der Waals surface area contributed by atoms with Gasteiger partial charge in [-0.05, 0) is 34.4 Å². The lowest BCUT2D eigenvalue weighted by molar-refractivity contribution is -0.275. The summed E-state index contributed by atoms with van der Waals surface area (Å²) in [7, 11) is 0. The third-order valence-electron chi connectivity index (χ3n) is 7.87. The van der Waals surface area contributed by atoms with Crippen LogP contribution in [0, 0.1) is 0 Å². The van der Waals surface area contributed by atoms with Gasteiger partial charge in [0.1, 0.15) is 0 Å². The average molecular weight is 634 g/mol. The van der Waals surface area contributed by atoms with Crippen LogP contribution in [0.15, 0.2) is 102 Å². The normalized spacial score (nSPS) is 20.2. The Bertz CT molecular complexity index is 1560. The second-order valence-corrected chi connectivity index (χ2v) is 11.7. The molecule has 4 aromatic rings. The van der Waals surface area contributed by atoms with E-state index in [-0.39, 0.29) is 45.5 Å². The van der Waals surface area contributed by atoms with Crippen LogP contribution in [0.3, 0.4) is 0 Å². The Kier molecular flexibility index (Phi) is 7.50. The van der Waals surface area contributed by atoms with E-state index >= 15 is 4.39 Å². The molecule has 1 saturated heterocycles. The standard InChI is InChI=1S/C32H23Cl3F4N2O/c33-25-15-24(16-26(34)28(25)35)31(32(37,38)39)17-27(40-42-31)20-11-13-23(14-12-20)30(36)18-41(19-30)29(21-7-3-1-4-8-21)22-9-5-2-6-10-22/h1-16,29H,17-19H2/t31-/m0/s1. The Labute approximate surface area is 255 Å². The van der Waals surface area contributed by atoms with E-state index in [1.54, 1.807) is 24.3 Å². The predicted molar refractivity (Wildman–Crippen MR) is 157 cm³/mol. The summed E-state index contributed by atoms with van der Waals surface area (Å²) in [5, 5.41) is 3.47. The minimum absolute atomic E-state index is 0.0531. The van der Waals surface area contributed by atoms with E-state index in [4.69, 9.17) is 39.6 Å². The van der Waals surface area contributed by atoms with Crippen molar-refractivity contribution in [3.63, 3.8) is 0 Å². The monoisotopic (exact) mass is 632 g/mol. The molecule has 0 spiro atoms. The zero-order valence-corrected chi connectivity index (χ0v) is 24.2. The van der Waals surface area contributed by atoms with Crippen molar-refractivity contribution < 1.29 is 22.4 Å². The van der Waals surface area contributed by atoms with Crippen LogP contribution in [0.5, 0.6) is 0 Å². The van der Waals surface area contributed by atoms with Gasteiger partial charge < -0.3 is 4.84 Å². The molecule has 0 saturated carbocycles. The van der Waals surface area contributed by atoms with Crippen LogP contribution < -0.4 is 0 Å². The smallest absolute Gasteiger partial charge is 0.374 e. The largest absolute Gasteiger partial charge is 0.435 e. The molecular weight excluding hydrogens is 611 g/mol. The minimum Gasteiger partial charge on any atom is -0.374 e. The van der Waals surface area contributed by atoms with Crippen molar-refractivity contribution in [1.29, 1.82) is 0 Å². The second kappa shape index (κ2) is 10.9. The molecule has 216 valence electrons. The molecule has 0 unspecified atom stereocenters. The SMILES string of the molecule is FC1(c2ccc(C3=NO[C@@](c4cc(Cl)c(Cl)c(Cl)c4)(C(F)(F)F)C3)cc2)CN(C(c2ccccc2)c2ccccc2)C1. The maximum atomic E-state index is 16.1. The second-order valence-electron chi connectivity index (χ2n) is 10.6. The third-order valence-corrected chi connectivity index (χ3v) is 9.07. The molecule has 4 aromatic carbocycles. The molecule has 0 aliphatic carbocycles. The van der Waals surface area contributed by atoms with Gasteiger partial charge in [-0.1, -0.05) is 125 Å². The summed E-state index contributed by atoms with van der Waals surface area (Å²) in [6.07, 6.45) is -5.46. The number of hydrogen-bond acceptors (Lipinski definition) is 3. The first-order valence-corrected chi connectivity index (χ1v) is 14.2. The zero-order chi connectivity index (χ0) is 29.7. The minimum atomic E-state index is -4.84. The van der Waals surface area contributed by atoms with Crippen molar-refractivity contribution in [1.82, 2.24) is 4.90 Å². The Morgan fingerprint density at radius 1 is 0.762 bits per heavy atom. The third kappa shape index (κ3) is 5.06. The molecule has 1 atom stereocenters. The van der Waals surface area contributed by atoms with E-state index in [0.29, 0.717) is 11.1 Å². The van der Waals surface area contributed by atoms with Crippen molar-refractivity contribution in [3.05, 3.63) is 140 Å². The number of nitrogens with zero attached hydrogens (tertiary/aromatic N) is 2. The summed E-state index contributed by atoms with van der Waals surface area (Å²) in [6, 6.07) is 28.3. The summed E-state index contributed by atoms with van der Waals surface area (Å²) in [4.78, 5) is 7.16. The topological polar surface area (TPSA) is 24.8 Å².